The third kappa shape index (κ3) is 3.81. The average Bonchev–Trinajstić information content (AvgIpc) is 3.22. The molecule has 28 heavy (non-hydrogen) atoms. The Hall–Kier alpha value is -2.63. The molecule has 2 heterocycles. The molecule has 0 bridgehead atoms. The van der Waals surface area contributed by atoms with Crippen molar-refractivity contribution in [3.63, 3.8) is 0 Å². The Bertz CT molecular complexity index is 954. The number of fused-ring (bicyclic) bond motifs is 1. The van der Waals surface area contributed by atoms with E-state index >= 15 is 0 Å². The van der Waals surface area contributed by atoms with Gasteiger partial charge in [-0.25, -0.2) is 4.39 Å². The predicted molar refractivity (Wildman–Crippen MR) is 106 cm³/mol. The fraction of sp³-hybridized carbons (Fsp3) is 0.227. The van der Waals surface area contributed by atoms with Gasteiger partial charge < -0.3 is 9.73 Å². The second-order valence-electron chi connectivity index (χ2n) is 6.83. The highest BCUT2D eigenvalue weighted by atomic mass is 35.5. The van der Waals surface area contributed by atoms with Crippen molar-refractivity contribution in [2.45, 2.75) is 19.0 Å². The number of rotatable bonds is 5. The largest absolute Gasteiger partial charge is 0.468 e. The first-order valence-electron chi connectivity index (χ1n) is 9.20. The average molecular weight is 399 g/mol. The van der Waals surface area contributed by atoms with Crippen molar-refractivity contribution in [3.8, 4) is 0 Å². The number of carbonyl (C=O) groups excluding carboxylic acids is 1. The first-order valence-corrected chi connectivity index (χ1v) is 9.57. The van der Waals surface area contributed by atoms with Crippen LogP contribution in [0.3, 0.4) is 0 Å². The standard InChI is InChI=1S/C22H20ClFN2O2/c23-17-7-3-8-18(24)21(17)22(27)25-13-19(20-9-4-12-28-20)26-11-10-15-5-1-2-6-16(15)14-26/h1-9,12,19H,10-11,13-14H2,(H,25,27)/t19-/m1/s1. The molecular weight excluding hydrogens is 379 g/mol. The van der Waals surface area contributed by atoms with Crippen LogP contribution in [0.25, 0.3) is 0 Å². The maximum atomic E-state index is 14.0. The normalized spacial score (nSPS) is 15.1. The molecule has 0 unspecified atom stereocenters. The van der Waals surface area contributed by atoms with Gasteiger partial charge in [-0.3, -0.25) is 9.69 Å². The minimum Gasteiger partial charge on any atom is -0.468 e. The summed E-state index contributed by atoms with van der Waals surface area (Å²) in [7, 11) is 0. The maximum absolute atomic E-state index is 14.0. The Labute approximate surface area is 167 Å². The molecule has 0 saturated carbocycles. The van der Waals surface area contributed by atoms with E-state index in [2.05, 4.69) is 28.4 Å². The van der Waals surface area contributed by atoms with Crippen LogP contribution in [0.5, 0.6) is 0 Å². The van der Waals surface area contributed by atoms with Gasteiger partial charge in [0.2, 0.25) is 0 Å². The predicted octanol–water partition coefficient (Wildman–Crippen LogP) is 4.60. The van der Waals surface area contributed by atoms with Gasteiger partial charge in [0, 0.05) is 19.6 Å². The van der Waals surface area contributed by atoms with Crippen LogP contribution in [0.4, 0.5) is 4.39 Å². The fourth-order valence-corrected chi connectivity index (χ4v) is 3.92. The van der Waals surface area contributed by atoms with Crippen LogP contribution in [-0.4, -0.2) is 23.9 Å². The van der Waals surface area contributed by atoms with Gasteiger partial charge in [0.15, 0.2) is 0 Å². The molecular formula is C22H20ClFN2O2. The van der Waals surface area contributed by atoms with Crippen LogP contribution < -0.4 is 5.32 Å². The van der Waals surface area contributed by atoms with Gasteiger partial charge in [-0.15, -0.1) is 0 Å². The summed E-state index contributed by atoms with van der Waals surface area (Å²) in [4.78, 5) is 14.8. The smallest absolute Gasteiger partial charge is 0.255 e. The molecule has 4 rings (SSSR count). The van der Waals surface area contributed by atoms with E-state index in [0.29, 0.717) is 6.54 Å². The second kappa shape index (κ2) is 8.17. The van der Waals surface area contributed by atoms with E-state index in [0.717, 1.165) is 25.3 Å². The van der Waals surface area contributed by atoms with Crippen molar-refractivity contribution in [2.24, 2.45) is 0 Å². The summed E-state index contributed by atoms with van der Waals surface area (Å²) >= 11 is 6.01. The van der Waals surface area contributed by atoms with Gasteiger partial charge in [-0.1, -0.05) is 41.9 Å². The molecule has 0 aliphatic carbocycles. The Morgan fingerprint density at radius 1 is 1.14 bits per heavy atom. The summed E-state index contributed by atoms with van der Waals surface area (Å²) in [6.07, 6.45) is 2.55. The first kappa shape index (κ1) is 18.7. The molecule has 2 aromatic carbocycles. The Morgan fingerprint density at radius 2 is 1.96 bits per heavy atom. The lowest BCUT2D eigenvalue weighted by molar-refractivity contribution is 0.0915. The number of furan rings is 1. The van der Waals surface area contributed by atoms with Crippen molar-refractivity contribution in [1.29, 1.82) is 0 Å². The SMILES string of the molecule is O=C(NC[C@H](c1ccco1)N1CCc2ccccc2C1)c1c(F)cccc1Cl. The summed E-state index contributed by atoms with van der Waals surface area (Å²) in [5.41, 5.74) is 2.49. The molecule has 3 aromatic rings. The van der Waals surface area contributed by atoms with Crippen LogP contribution in [0, 0.1) is 5.82 Å². The van der Waals surface area contributed by atoms with Crippen LogP contribution >= 0.6 is 11.6 Å². The lowest BCUT2D eigenvalue weighted by Gasteiger charge is -2.34. The van der Waals surface area contributed by atoms with Crippen LogP contribution in [-0.2, 0) is 13.0 Å². The molecule has 144 valence electrons. The number of halogens is 2. The molecule has 0 fully saturated rings. The third-order valence-electron chi connectivity index (χ3n) is 5.12. The summed E-state index contributed by atoms with van der Waals surface area (Å²) in [6, 6.07) is 16.1. The Morgan fingerprint density at radius 3 is 2.71 bits per heavy atom. The molecule has 6 heteroatoms. The number of hydrogen-bond acceptors (Lipinski definition) is 3. The minimum atomic E-state index is -0.633. The maximum Gasteiger partial charge on any atom is 0.255 e. The van der Waals surface area contributed by atoms with E-state index < -0.39 is 11.7 Å². The number of carbonyl (C=O) groups is 1. The van der Waals surface area contributed by atoms with E-state index in [4.69, 9.17) is 16.0 Å². The Kier molecular flexibility index (Phi) is 5.46. The van der Waals surface area contributed by atoms with Gasteiger partial charge in [-0.2, -0.15) is 0 Å². The van der Waals surface area contributed by atoms with Crippen molar-refractivity contribution in [3.05, 3.63) is 94.2 Å². The monoisotopic (exact) mass is 398 g/mol. The third-order valence-corrected chi connectivity index (χ3v) is 5.43. The lowest BCUT2D eigenvalue weighted by Crippen LogP contribution is -2.40. The summed E-state index contributed by atoms with van der Waals surface area (Å²) in [6.45, 7) is 1.90. The van der Waals surface area contributed by atoms with Gasteiger partial charge in [0.05, 0.1) is 22.9 Å². The zero-order valence-corrected chi connectivity index (χ0v) is 16.0. The minimum absolute atomic E-state index is 0.0962. The highest BCUT2D eigenvalue weighted by molar-refractivity contribution is 6.33. The van der Waals surface area contributed by atoms with Gasteiger partial charge in [0.25, 0.3) is 5.91 Å². The molecule has 0 spiro atoms. The molecule has 1 aliphatic heterocycles. The van der Waals surface area contributed by atoms with Gasteiger partial charge in [-0.05, 0) is 41.8 Å². The van der Waals surface area contributed by atoms with Gasteiger partial charge in [0.1, 0.15) is 11.6 Å². The quantitative estimate of drug-likeness (QED) is 0.683. The fourth-order valence-electron chi connectivity index (χ4n) is 3.67. The topological polar surface area (TPSA) is 45.5 Å². The van der Waals surface area contributed by atoms with E-state index in [1.54, 1.807) is 6.26 Å². The number of nitrogens with one attached hydrogen (secondary N) is 1. The van der Waals surface area contributed by atoms with Crippen molar-refractivity contribution in [2.75, 3.05) is 13.1 Å². The lowest BCUT2D eigenvalue weighted by atomic mass is 9.98. The summed E-state index contributed by atoms with van der Waals surface area (Å²) in [5, 5.41) is 2.92. The molecule has 1 atom stereocenters. The van der Waals surface area contributed by atoms with E-state index in [9.17, 15) is 9.18 Å². The highest BCUT2D eigenvalue weighted by Crippen LogP contribution is 2.28. The van der Waals surface area contributed by atoms with Gasteiger partial charge >= 0.3 is 0 Å². The van der Waals surface area contributed by atoms with E-state index in [1.165, 1.54) is 29.3 Å². The number of amides is 1. The molecule has 0 saturated heterocycles. The van der Waals surface area contributed by atoms with Crippen LogP contribution in [0.2, 0.25) is 5.02 Å². The molecule has 0 radical (unpaired) electrons. The van der Waals surface area contributed by atoms with Crippen molar-refractivity contribution >= 4 is 17.5 Å². The van der Waals surface area contributed by atoms with Crippen LogP contribution in [0.1, 0.15) is 33.3 Å². The van der Waals surface area contributed by atoms with Crippen LogP contribution in [0.15, 0.2) is 65.3 Å². The number of benzene rings is 2. The zero-order chi connectivity index (χ0) is 19.5. The van der Waals surface area contributed by atoms with Crippen molar-refractivity contribution < 1.29 is 13.6 Å². The molecule has 1 amide bonds. The highest BCUT2D eigenvalue weighted by Gasteiger charge is 2.27. The second-order valence-corrected chi connectivity index (χ2v) is 7.23. The molecule has 1 aliphatic rings. The Balaban J connectivity index is 1.53. The molecule has 1 N–H and O–H groups in total. The molecule has 1 aromatic heterocycles. The summed E-state index contributed by atoms with van der Waals surface area (Å²) in [5.74, 6) is -0.400. The zero-order valence-electron chi connectivity index (χ0n) is 15.2. The van der Waals surface area contributed by atoms with E-state index in [1.807, 2.05) is 18.2 Å². The summed E-state index contributed by atoms with van der Waals surface area (Å²) < 4.78 is 19.7. The van der Waals surface area contributed by atoms with E-state index in [-0.39, 0.29) is 16.6 Å². The number of hydrogen-bond donors (Lipinski definition) is 1. The molecule has 4 nitrogen and oxygen atoms in total. The first-order chi connectivity index (χ1) is 13.6. The van der Waals surface area contributed by atoms with Crippen molar-refractivity contribution in [1.82, 2.24) is 10.2 Å². The number of nitrogens with zero attached hydrogens (tertiary/aromatic N) is 1.